The van der Waals surface area contributed by atoms with Crippen LogP contribution in [-0.4, -0.2) is 54.5 Å². The summed E-state index contributed by atoms with van der Waals surface area (Å²) < 4.78 is 11.2. The summed E-state index contributed by atoms with van der Waals surface area (Å²) in [7, 11) is 0. The number of benzene rings is 1. The summed E-state index contributed by atoms with van der Waals surface area (Å²) in [5.74, 6) is 1.93. The Balaban J connectivity index is 2.57. The molecule has 0 aliphatic carbocycles. The molecule has 0 aliphatic heterocycles. The molecule has 1 atom stereocenters. The highest BCUT2D eigenvalue weighted by Gasteiger charge is 2.15. The minimum Gasteiger partial charge on any atom is -0.490 e. The average Bonchev–Trinajstić information content (AvgIpc) is 2.64. The third-order valence-electron chi connectivity index (χ3n) is 4.02. The Hall–Kier alpha value is -1.89. The fourth-order valence-electron chi connectivity index (χ4n) is 2.60. The molecule has 2 amide bonds. The van der Waals surface area contributed by atoms with Crippen LogP contribution in [0.4, 0.5) is 0 Å². The lowest BCUT2D eigenvalue weighted by Crippen LogP contribution is -2.33. The Morgan fingerprint density at radius 1 is 1.04 bits per heavy atom. The molecular formula is C20H32N2O4S. The van der Waals surface area contributed by atoms with Gasteiger partial charge in [-0.2, -0.15) is 0 Å². The van der Waals surface area contributed by atoms with Crippen LogP contribution in [0, 0.1) is 0 Å². The minimum atomic E-state index is -0.161. The average molecular weight is 397 g/mol. The lowest BCUT2D eigenvalue weighted by Gasteiger charge is -2.19. The van der Waals surface area contributed by atoms with Gasteiger partial charge in [-0.1, -0.05) is 6.07 Å². The van der Waals surface area contributed by atoms with Crippen LogP contribution in [-0.2, 0) is 9.59 Å². The number of nitrogens with one attached hydrogen (secondary N) is 1. The minimum absolute atomic E-state index is 0.0683. The second-order valence-corrected chi connectivity index (χ2v) is 6.91. The number of rotatable bonds is 12. The summed E-state index contributed by atoms with van der Waals surface area (Å²) in [6.07, 6.45) is 0. The summed E-state index contributed by atoms with van der Waals surface area (Å²) in [6.45, 7) is 12.2. The molecule has 0 bridgehead atoms. The first-order chi connectivity index (χ1) is 13.0. The number of carbonyl (C=O) groups excluding carboxylic acids is 2. The SMILES string of the molecule is CCOc1ccc([C@@H](C)NC(=O)CSCC(=O)N(CC)CC)cc1OCC. The Bertz CT molecular complexity index is 606. The van der Waals surface area contributed by atoms with Crippen LogP contribution < -0.4 is 14.8 Å². The molecule has 152 valence electrons. The van der Waals surface area contributed by atoms with Crippen LogP contribution in [0.15, 0.2) is 18.2 Å². The van der Waals surface area contributed by atoms with Gasteiger partial charge in [0.05, 0.1) is 30.8 Å². The van der Waals surface area contributed by atoms with Gasteiger partial charge in [-0.3, -0.25) is 9.59 Å². The van der Waals surface area contributed by atoms with Crippen LogP contribution in [0.5, 0.6) is 11.5 Å². The molecule has 0 unspecified atom stereocenters. The molecule has 0 spiro atoms. The molecule has 1 rings (SSSR count). The maximum Gasteiger partial charge on any atom is 0.232 e. The number of nitrogens with zero attached hydrogens (tertiary/aromatic N) is 1. The van der Waals surface area contributed by atoms with Gasteiger partial charge in [0.2, 0.25) is 11.8 Å². The third kappa shape index (κ3) is 7.71. The number of hydrogen-bond donors (Lipinski definition) is 1. The van der Waals surface area contributed by atoms with E-state index >= 15 is 0 Å². The fraction of sp³-hybridized carbons (Fsp3) is 0.600. The highest BCUT2D eigenvalue weighted by atomic mass is 32.2. The Morgan fingerprint density at radius 3 is 2.26 bits per heavy atom. The zero-order valence-electron chi connectivity index (χ0n) is 17.0. The van der Waals surface area contributed by atoms with E-state index in [0.717, 1.165) is 5.56 Å². The van der Waals surface area contributed by atoms with Crippen molar-refractivity contribution in [2.45, 2.75) is 40.7 Å². The molecule has 6 nitrogen and oxygen atoms in total. The Morgan fingerprint density at radius 2 is 1.67 bits per heavy atom. The Kier molecular flexibility index (Phi) is 10.7. The first-order valence-electron chi connectivity index (χ1n) is 9.51. The molecule has 0 saturated heterocycles. The van der Waals surface area contributed by atoms with Gasteiger partial charge in [0, 0.05) is 13.1 Å². The van der Waals surface area contributed by atoms with Gasteiger partial charge in [-0.05, 0) is 52.3 Å². The third-order valence-corrected chi connectivity index (χ3v) is 4.94. The zero-order valence-corrected chi connectivity index (χ0v) is 17.9. The van der Waals surface area contributed by atoms with Gasteiger partial charge in [0.25, 0.3) is 0 Å². The van der Waals surface area contributed by atoms with Gasteiger partial charge in [0.1, 0.15) is 0 Å². The maximum atomic E-state index is 12.2. The molecule has 0 fully saturated rings. The Labute approximate surface area is 167 Å². The second-order valence-electron chi connectivity index (χ2n) is 5.92. The summed E-state index contributed by atoms with van der Waals surface area (Å²) in [4.78, 5) is 25.9. The zero-order chi connectivity index (χ0) is 20.2. The van der Waals surface area contributed by atoms with Gasteiger partial charge in [0.15, 0.2) is 11.5 Å². The number of carbonyl (C=O) groups is 2. The van der Waals surface area contributed by atoms with Crippen molar-refractivity contribution in [2.75, 3.05) is 37.8 Å². The topological polar surface area (TPSA) is 67.9 Å². The second kappa shape index (κ2) is 12.5. The van der Waals surface area contributed by atoms with Crippen LogP contribution in [0.3, 0.4) is 0 Å². The van der Waals surface area contributed by atoms with Crippen molar-refractivity contribution in [3.05, 3.63) is 23.8 Å². The highest BCUT2D eigenvalue weighted by Crippen LogP contribution is 2.30. The molecule has 1 aromatic carbocycles. The van der Waals surface area contributed by atoms with E-state index in [9.17, 15) is 9.59 Å². The molecule has 0 radical (unpaired) electrons. The molecule has 1 N–H and O–H groups in total. The number of thioether (sulfide) groups is 1. The summed E-state index contributed by atoms with van der Waals surface area (Å²) in [6, 6.07) is 5.53. The molecular weight excluding hydrogens is 364 g/mol. The van der Waals surface area contributed by atoms with E-state index in [1.807, 2.05) is 52.8 Å². The van der Waals surface area contributed by atoms with E-state index in [4.69, 9.17) is 9.47 Å². The first-order valence-corrected chi connectivity index (χ1v) is 10.7. The van der Waals surface area contributed by atoms with Crippen LogP contribution >= 0.6 is 11.8 Å². The molecule has 0 aromatic heterocycles. The van der Waals surface area contributed by atoms with E-state index in [1.54, 1.807) is 4.90 Å². The normalized spacial score (nSPS) is 11.6. The summed E-state index contributed by atoms with van der Waals surface area (Å²) in [5, 5.41) is 2.97. The lowest BCUT2D eigenvalue weighted by molar-refractivity contribution is -0.127. The monoisotopic (exact) mass is 396 g/mol. The number of amides is 2. The van der Waals surface area contributed by atoms with Crippen molar-refractivity contribution in [3.63, 3.8) is 0 Å². The quantitative estimate of drug-likeness (QED) is 0.587. The first kappa shape index (κ1) is 23.1. The predicted molar refractivity (Wildman–Crippen MR) is 111 cm³/mol. The van der Waals surface area contributed by atoms with Gasteiger partial charge < -0.3 is 19.7 Å². The van der Waals surface area contributed by atoms with Crippen molar-refractivity contribution in [3.8, 4) is 11.5 Å². The summed E-state index contributed by atoms with van der Waals surface area (Å²) >= 11 is 1.34. The van der Waals surface area contributed by atoms with Crippen LogP contribution in [0.1, 0.15) is 46.2 Å². The van der Waals surface area contributed by atoms with Gasteiger partial charge >= 0.3 is 0 Å². The van der Waals surface area contributed by atoms with E-state index in [-0.39, 0.29) is 23.6 Å². The lowest BCUT2D eigenvalue weighted by atomic mass is 10.1. The smallest absolute Gasteiger partial charge is 0.232 e. The van der Waals surface area contributed by atoms with Crippen molar-refractivity contribution in [2.24, 2.45) is 0 Å². The van der Waals surface area contributed by atoms with Crippen molar-refractivity contribution >= 4 is 23.6 Å². The number of hydrogen-bond acceptors (Lipinski definition) is 5. The maximum absolute atomic E-state index is 12.2. The van der Waals surface area contributed by atoms with Gasteiger partial charge in [-0.15, -0.1) is 11.8 Å². The van der Waals surface area contributed by atoms with E-state index in [2.05, 4.69) is 5.32 Å². The van der Waals surface area contributed by atoms with E-state index in [0.29, 0.717) is 43.6 Å². The molecule has 27 heavy (non-hydrogen) atoms. The molecule has 1 aromatic rings. The molecule has 0 heterocycles. The van der Waals surface area contributed by atoms with E-state index in [1.165, 1.54) is 11.8 Å². The largest absolute Gasteiger partial charge is 0.490 e. The standard InChI is InChI=1S/C20H32N2O4S/c1-6-22(7-2)20(24)14-27-13-19(23)21-15(5)16-10-11-17(25-8-3)18(12-16)26-9-4/h10-12,15H,6-9,13-14H2,1-5H3,(H,21,23)/t15-/m1/s1. The van der Waals surface area contributed by atoms with Crippen LogP contribution in [0.2, 0.25) is 0 Å². The molecule has 0 aliphatic rings. The highest BCUT2D eigenvalue weighted by molar-refractivity contribution is 8.00. The molecule has 7 heteroatoms. The van der Waals surface area contributed by atoms with Crippen molar-refractivity contribution in [1.29, 1.82) is 0 Å². The number of ether oxygens (including phenoxy) is 2. The van der Waals surface area contributed by atoms with Crippen molar-refractivity contribution in [1.82, 2.24) is 10.2 Å². The van der Waals surface area contributed by atoms with Gasteiger partial charge in [-0.25, -0.2) is 0 Å². The predicted octanol–water partition coefficient (Wildman–Crippen LogP) is 3.26. The van der Waals surface area contributed by atoms with E-state index < -0.39 is 0 Å². The molecule has 0 saturated carbocycles. The van der Waals surface area contributed by atoms with Crippen LogP contribution in [0.25, 0.3) is 0 Å². The van der Waals surface area contributed by atoms with Crippen molar-refractivity contribution < 1.29 is 19.1 Å². The fourth-order valence-corrected chi connectivity index (χ4v) is 3.33. The summed E-state index contributed by atoms with van der Waals surface area (Å²) in [5.41, 5.74) is 0.944.